The summed E-state index contributed by atoms with van der Waals surface area (Å²) in [5, 5.41) is 14.4. The maximum atomic E-state index is 9.64. The Morgan fingerprint density at radius 2 is 0.923 bits per heavy atom. The van der Waals surface area contributed by atoms with Gasteiger partial charge in [-0.2, -0.15) is 0 Å². The molecule has 0 saturated carbocycles. The van der Waals surface area contributed by atoms with Crippen molar-refractivity contribution in [3.05, 3.63) is 280 Å². The molecule has 3 heteroatoms. The monoisotopic (exact) mass is 842 g/mol. The van der Waals surface area contributed by atoms with Crippen molar-refractivity contribution in [3.63, 3.8) is 0 Å². The third-order valence-corrected chi connectivity index (χ3v) is 15.9. The first-order valence-electron chi connectivity index (χ1n) is 22.4. The predicted molar refractivity (Wildman–Crippen MR) is 271 cm³/mol. The summed E-state index contributed by atoms with van der Waals surface area (Å²) in [6.45, 7) is 0. The largest absolute Gasteiger partial charge is 0.300 e. The van der Waals surface area contributed by atoms with E-state index in [1.165, 1.54) is 86.9 Å². The summed E-state index contributed by atoms with van der Waals surface area (Å²) in [5.41, 5.74) is 18.3. The van der Waals surface area contributed by atoms with Crippen LogP contribution in [-0.2, 0) is 10.8 Å². The van der Waals surface area contributed by atoms with Crippen molar-refractivity contribution in [1.82, 2.24) is 0 Å². The summed E-state index contributed by atoms with van der Waals surface area (Å²) in [5.74, 6) is 0. The Kier molecular flexibility index (Phi) is 7.59. The normalized spacial score (nSPS) is 14.4. The Morgan fingerprint density at radius 1 is 0.400 bits per heavy atom. The zero-order valence-corrected chi connectivity index (χ0v) is 36.0. The summed E-state index contributed by atoms with van der Waals surface area (Å²) in [6.07, 6.45) is 2.08. The number of rotatable bonds is 4. The molecule has 10 aromatic carbocycles. The second-order valence-electron chi connectivity index (χ2n) is 17.6. The molecule has 14 rings (SSSR count). The number of thiophene rings is 1. The van der Waals surface area contributed by atoms with Gasteiger partial charge in [0.05, 0.1) is 22.2 Å². The van der Waals surface area contributed by atoms with E-state index < -0.39 is 10.8 Å². The zero-order valence-electron chi connectivity index (χ0n) is 35.2. The van der Waals surface area contributed by atoms with Crippen LogP contribution in [0.5, 0.6) is 0 Å². The van der Waals surface area contributed by atoms with Gasteiger partial charge in [0.1, 0.15) is 0 Å². The summed E-state index contributed by atoms with van der Waals surface area (Å²) >= 11 is 1.92. The lowest BCUT2D eigenvalue weighted by Gasteiger charge is -2.49. The van der Waals surface area contributed by atoms with Gasteiger partial charge < -0.3 is 0 Å². The van der Waals surface area contributed by atoms with E-state index in [0.717, 1.165) is 33.2 Å². The van der Waals surface area contributed by atoms with Gasteiger partial charge in [0.15, 0.2) is 0 Å². The van der Waals surface area contributed by atoms with E-state index in [4.69, 9.17) is 4.99 Å². The molecular formula is C62H38N2S. The van der Waals surface area contributed by atoms with Gasteiger partial charge in [-0.15, -0.1) is 11.3 Å². The summed E-state index contributed by atoms with van der Waals surface area (Å²) in [6, 6.07) is 79.9. The van der Waals surface area contributed by atoms with E-state index in [2.05, 4.69) is 188 Å². The number of nitrogens with one attached hydrogen (secondary N) is 1. The van der Waals surface area contributed by atoms with Gasteiger partial charge in [-0.05, 0) is 95.2 Å². The number of hydrogen-bond donors (Lipinski definition) is 1. The van der Waals surface area contributed by atoms with E-state index in [0.29, 0.717) is 5.71 Å². The molecule has 3 aliphatic rings. The van der Waals surface area contributed by atoms with Crippen LogP contribution in [0.15, 0.2) is 223 Å². The van der Waals surface area contributed by atoms with Crippen LogP contribution in [-0.4, -0.2) is 11.9 Å². The maximum Gasteiger partial charge on any atom is 0.0740 e. The van der Waals surface area contributed by atoms with Gasteiger partial charge in [-0.25, -0.2) is 0 Å². The predicted octanol–water partition coefficient (Wildman–Crippen LogP) is 15.4. The Bertz CT molecular complexity index is 3780. The van der Waals surface area contributed by atoms with Crippen molar-refractivity contribution < 1.29 is 0 Å². The van der Waals surface area contributed by atoms with Crippen molar-refractivity contribution >= 4 is 59.9 Å². The molecular weight excluding hydrogens is 805 g/mol. The van der Waals surface area contributed by atoms with Gasteiger partial charge in [0, 0.05) is 37.5 Å². The maximum absolute atomic E-state index is 9.64. The highest BCUT2D eigenvalue weighted by atomic mass is 32.1. The first-order chi connectivity index (χ1) is 32.2. The van der Waals surface area contributed by atoms with Crippen molar-refractivity contribution in [2.24, 2.45) is 4.99 Å². The first-order valence-corrected chi connectivity index (χ1v) is 23.2. The molecule has 1 heterocycles. The topological polar surface area (TPSA) is 36.2 Å². The Balaban J connectivity index is 1.08. The molecule has 65 heavy (non-hydrogen) atoms. The number of fused-ring (bicyclic) bond motifs is 21. The third-order valence-electron chi connectivity index (χ3n) is 14.7. The average Bonchev–Trinajstić information content (AvgIpc) is 4.00. The fourth-order valence-electron chi connectivity index (χ4n) is 12.3. The number of benzene rings is 10. The second kappa shape index (κ2) is 13.5. The van der Waals surface area contributed by atoms with Crippen molar-refractivity contribution in [3.8, 4) is 22.3 Å². The van der Waals surface area contributed by atoms with Crippen LogP contribution in [0, 0.1) is 5.41 Å². The number of nitrogens with zero attached hydrogens (tertiary/aromatic N) is 1. The van der Waals surface area contributed by atoms with E-state index >= 15 is 0 Å². The zero-order chi connectivity index (χ0) is 42.9. The highest BCUT2D eigenvalue weighted by Gasteiger charge is 2.60. The molecule has 0 unspecified atom stereocenters. The molecule has 0 radical (unpaired) electrons. The van der Waals surface area contributed by atoms with E-state index in [1.54, 1.807) is 0 Å². The number of hydrogen-bond acceptors (Lipinski definition) is 3. The number of para-hydroxylation sites is 1. The molecule has 2 nitrogen and oxygen atoms in total. The molecule has 3 aliphatic carbocycles. The quantitative estimate of drug-likeness (QED) is 0.171. The standard InChI is InChI=1S/C62H38N2S/c63-59(46-26-15-18-38-17-1-2-20-40(38)46)48-24-5-13-33-55(48)64-37-39-19-16-25-44-45-35-36-47-43-23-6-14-34-56(43)65-60(47)58(45)62(57(39)44)53-31-11-9-29-51(53)61(52-30-10-12-32-54(52)62)49-27-7-3-21-41(49)42-22-4-8-28-50(42)61/h1-37,63H. The molecule has 0 atom stereocenters. The molecule has 0 bridgehead atoms. The lowest BCUT2D eigenvalue weighted by Crippen LogP contribution is -2.44. The SMILES string of the molecule is N=C(c1ccccc1N=Cc1cccc2c1C1(c3ccccc3C3(c4ccccc4-c4ccccc43)c3ccccc31)c1c-2ccc2c1sc1ccccc12)c1cccc2ccccc12. The Labute approximate surface area is 381 Å². The molecule has 1 aromatic heterocycles. The Morgan fingerprint density at radius 3 is 1.66 bits per heavy atom. The van der Waals surface area contributed by atoms with Gasteiger partial charge in [-0.1, -0.05) is 206 Å². The minimum atomic E-state index is -0.701. The van der Waals surface area contributed by atoms with Crippen LogP contribution in [0.25, 0.3) is 53.2 Å². The minimum Gasteiger partial charge on any atom is -0.300 e. The van der Waals surface area contributed by atoms with Crippen LogP contribution >= 0.6 is 11.3 Å². The molecule has 302 valence electrons. The Hall–Kier alpha value is -7.98. The molecule has 0 amide bonds. The number of aliphatic imine (C=N–C) groups is 1. The molecule has 0 aliphatic heterocycles. The van der Waals surface area contributed by atoms with Gasteiger partial charge >= 0.3 is 0 Å². The lowest BCUT2D eigenvalue weighted by molar-refractivity contribution is 0.635. The molecule has 0 saturated heterocycles. The fraction of sp³-hybridized carbons (Fsp3) is 0.0323. The van der Waals surface area contributed by atoms with Crippen LogP contribution in [0.2, 0.25) is 0 Å². The fourth-order valence-corrected chi connectivity index (χ4v) is 13.6. The van der Waals surface area contributed by atoms with Crippen LogP contribution in [0.3, 0.4) is 0 Å². The second-order valence-corrected chi connectivity index (χ2v) is 18.6. The van der Waals surface area contributed by atoms with Crippen LogP contribution in [0.4, 0.5) is 5.69 Å². The smallest absolute Gasteiger partial charge is 0.0740 e. The van der Waals surface area contributed by atoms with Crippen molar-refractivity contribution in [1.29, 1.82) is 5.41 Å². The highest BCUT2D eigenvalue weighted by molar-refractivity contribution is 7.26. The van der Waals surface area contributed by atoms with Crippen LogP contribution < -0.4 is 0 Å². The van der Waals surface area contributed by atoms with Gasteiger partial charge in [0.2, 0.25) is 0 Å². The van der Waals surface area contributed by atoms with E-state index in [1.807, 2.05) is 47.7 Å². The van der Waals surface area contributed by atoms with Crippen molar-refractivity contribution in [2.75, 3.05) is 0 Å². The highest BCUT2D eigenvalue weighted by Crippen LogP contribution is 2.69. The summed E-state index contributed by atoms with van der Waals surface area (Å²) in [7, 11) is 0. The van der Waals surface area contributed by atoms with Crippen LogP contribution in [0.1, 0.15) is 61.2 Å². The summed E-state index contributed by atoms with van der Waals surface area (Å²) < 4.78 is 2.62. The molecule has 11 aromatic rings. The van der Waals surface area contributed by atoms with E-state index in [-0.39, 0.29) is 0 Å². The summed E-state index contributed by atoms with van der Waals surface area (Å²) in [4.78, 5) is 5.40. The molecule has 2 spiro atoms. The van der Waals surface area contributed by atoms with Gasteiger partial charge in [-0.3, -0.25) is 10.4 Å². The molecule has 1 N–H and O–H groups in total. The first kappa shape index (κ1) is 36.5. The third kappa shape index (κ3) is 4.67. The lowest BCUT2D eigenvalue weighted by atomic mass is 9.52. The average molecular weight is 843 g/mol. The van der Waals surface area contributed by atoms with Crippen molar-refractivity contribution in [2.45, 2.75) is 10.8 Å². The van der Waals surface area contributed by atoms with Gasteiger partial charge in [0.25, 0.3) is 0 Å². The minimum absolute atomic E-state index is 0.460. The molecule has 0 fully saturated rings. The van der Waals surface area contributed by atoms with E-state index in [9.17, 15) is 5.41 Å².